The molecule has 15 heteroatoms. The molecule has 3 aromatic heterocycles. The summed E-state index contributed by atoms with van der Waals surface area (Å²) in [5, 5.41) is 7.17. The molecule has 3 aromatic rings. The Bertz CT molecular complexity index is 1570. The minimum absolute atomic E-state index is 0.00745. The summed E-state index contributed by atoms with van der Waals surface area (Å²) in [6, 6.07) is 1.10. The van der Waals surface area contributed by atoms with Gasteiger partial charge in [-0.2, -0.15) is 0 Å². The number of carbonyl (C=O) groups excluding carboxylic acids is 1. The summed E-state index contributed by atoms with van der Waals surface area (Å²) < 4.78 is 63.8. The van der Waals surface area contributed by atoms with Crippen LogP contribution in [0.15, 0.2) is 23.4 Å². The van der Waals surface area contributed by atoms with Gasteiger partial charge in [-0.25, -0.2) is 31.7 Å². The molecule has 41 heavy (non-hydrogen) atoms. The Morgan fingerprint density at radius 3 is 2.37 bits per heavy atom. The highest BCUT2D eigenvalue weighted by atomic mass is 32.2. The molecule has 1 saturated carbocycles. The number of alkyl halides is 2. The molecule has 0 radical (unpaired) electrons. The summed E-state index contributed by atoms with van der Waals surface area (Å²) >= 11 is 0.705. The number of pyridine rings is 1. The molecular formula is C26H35F2N7O4S2. The Morgan fingerprint density at radius 2 is 1.83 bits per heavy atom. The Kier molecular flexibility index (Phi) is 7.30. The number of halogens is 2. The van der Waals surface area contributed by atoms with Crippen LogP contribution in [0.1, 0.15) is 66.3 Å². The van der Waals surface area contributed by atoms with Crippen LogP contribution in [0.4, 0.5) is 19.3 Å². The first-order valence-corrected chi connectivity index (χ1v) is 15.7. The van der Waals surface area contributed by atoms with Gasteiger partial charge in [-0.3, -0.25) is 9.30 Å². The number of carbonyl (C=O) groups is 1. The topological polar surface area (TPSA) is 122 Å². The summed E-state index contributed by atoms with van der Waals surface area (Å²) in [7, 11) is -3.96. The second kappa shape index (κ2) is 10.1. The minimum atomic E-state index is -3.96. The summed E-state index contributed by atoms with van der Waals surface area (Å²) in [6.45, 7) is 13.9. The first-order chi connectivity index (χ1) is 19.0. The largest absolute Gasteiger partial charge is 0.444 e. The van der Waals surface area contributed by atoms with Gasteiger partial charge in [0.15, 0.2) is 15.8 Å². The van der Waals surface area contributed by atoms with E-state index < -0.39 is 38.7 Å². The molecule has 1 aliphatic carbocycles. The van der Waals surface area contributed by atoms with Gasteiger partial charge in [0.1, 0.15) is 10.5 Å². The molecule has 0 bridgehead atoms. The summed E-state index contributed by atoms with van der Waals surface area (Å²) in [5.41, 5.74) is -0.0293. The van der Waals surface area contributed by atoms with Gasteiger partial charge in [-0.05, 0) is 59.9 Å². The van der Waals surface area contributed by atoms with Crippen LogP contribution in [-0.2, 0) is 14.8 Å². The lowest BCUT2D eigenvalue weighted by Crippen LogP contribution is -2.59. The second-order valence-electron chi connectivity index (χ2n) is 12.3. The SMILES string of the molecule is CC1CC1(C)NS(=O)(=O)c1cc(N2C[C@H](C)N(C(=O)OC(C)(C)C)[C@@H](C)C2)c2cnc(-c3nnc(C(F)F)s3)n2c1. The van der Waals surface area contributed by atoms with Gasteiger partial charge < -0.3 is 9.64 Å². The summed E-state index contributed by atoms with van der Waals surface area (Å²) in [4.78, 5) is 21.1. The number of piperazine rings is 1. The van der Waals surface area contributed by atoms with E-state index in [9.17, 15) is 22.0 Å². The fourth-order valence-corrected chi connectivity index (χ4v) is 7.53. The molecule has 1 saturated heterocycles. The number of amides is 1. The third-order valence-corrected chi connectivity index (χ3v) is 10.1. The van der Waals surface area contributed by atoms with Crippen molar-refractivity contribution < 1.29 is 26.7 Å². The summed E-state index contributed by atoms with van der Waals surface area (Å²) in [6.07, 6.45) is 0.534. The van der Waals surface area contributed by atoms with Crippen LogP contribution in [0, 0.1) is 5.92 Å². The Morgan fingerprint density at radius 1 is 1.20 bits per heavy atom. The zero-order valence-corrected chi connectivity index (χ0v) is 25.7. The number of anilines is 1. The molecule has 5 rings (SSSR count). The number of rotatable bonds is 6. The number of fused-ring (bicyclic) bond motifs is 1. The van der Waals surface area contributed by atoms with Crippen molar-refractivity contribution in [1.82, 2.24) is 29.2 Å². The van der Waals surface area contributed by atoms with Gasteiger partial charge in [0.2, 0.25) is 10.0 Å². The highest BCUT2D eigenvalue weighted by Gasteiger charge is 2.49. The lowest BCUT2D eigenvalue weighted by atomic mass is 10.1. The molecule has 4 heterocycles. The smallest absolute Gasteiger partial charge is 0.410 e. The number of imidazole rings is 1. The van der Waals surface area contributed by atoms with E-state index in [4.69, 9.17) is 4.74 Å². The standard InChI is InChI=1S/C26H35F2N7O4S2/c1-14-9-26(14,7)32-41(37,38)17-8-18(33-11-15(2)35(16(3)12-33)24(36)39-25(4,5)6)19-10-29-21(34(19)13-17)23-31-30-22(40-23)20(27)28/h8,10,13-16,20,32H,9,11-12H2,1-7H3/t14?,15-,16-,26?/m0/s1. The highest BCUT2D eigenvalue weighted by molar-refractivity contribution is 7.89. The van der Waals surface area contributed by atoms with Crippen molar-refractivity contribution in [2.45, 2.75) is 89.4 Å². The van der Waals surface area contributed by atoms with Crippen LogP contribution in [-0.4, -0.2) is 75.3 Å². The summed E-state index contributed by atoms with van der Waals surface area (Å²) in [5.74, 6) is 0.406. The average Bonchev–Trinajstić information content (AvgIpc) is 3.23. The van der Waals surface area contributed by atoms with E-state index in [1.807, 2.05) is 53.4 Å². The highest BCUT2D eigenvalue weighted by Crippen LogP contribution is 2.44. The van der Waals surface area contributed by atoms with Crippen molar-refractivity contribution in [3.8, 4) is 10.8 Å². The molecule has 0 aromatic carbocycles. The van der Waals surface area contributed by atoms with E-state index >= 15 is 0 Å². The molecule has 2 aliphatic rings. The number of hydrogen-bond donors (Lipinski definition) is 1. The maximum absolute atomic E-state index is 13.6. The first-order valence-electron chi connectivity index (χ1n) is 13.4. The predicted octanol–water partition coefficient (Wildman–Crippen LogP) is 4.70. The molecule has 4 atom stereocenters. The van der Waals surface area contributed by atoms with E-state index in [0.29, 0.717) is 35.6 Å². The number of ether oxygens (including phenoxy) is 1. The van der Waals surface area contributed by atoms with Crippen molar-refractivity contribution in [3.05, 3.63) is 23.5 Å². The fourth-order valence-electron chi connectivity index (χ4n) is 5.31. The number of sulfonamides is 1. The maximum atomic E-state index is 13.6. The quantitative estimate of drug-likeness (QED) is 0.426. The zero-order valence-electron chi connectivity index (χ0n) is 24.1. The van der Waals surface area contributed by atoms with Crippen molar-refractivity contribution in [1.29, 1.82) is 0 Å². The maximum Gasteiger partial charge on any atom is 0.410 e. The molecule has 2 fully saturated rings. The Labute approximate surface area is 242 Å². The van der Waals surface area contributed by atoms with Gasteiger partial charge >= 0.3 is 6.09 Å². The average molecular weight is 612 g/mol. The minimum Gasteiger partial charge on any atom is -0.444 e. The van der Waals surface area contributed by atoms with Crippen molar-refractivity contribution >= 4 is 38.7 Å². The van der Waals surface area contributed by atoms with Crippen molar-refractivity contribution in [2.24, 2.45) is 5.92 Å². The molecule has 2 unspecified atom stereocenters. The second-order valence-corrected chi connectivity index (χ2v) is 15.0. The van der Waals surface area contributed by atoms with E-state index in [2.05, 4.69) is 19.9 Å². The van der Waals surface area contributed by atoms with Crippen LogP contribution in [0.5, 0.6) is 0 Å². The van der Waals surface area contributed by atoms with Gasteiger partial charge in [-0.15, -0.1) is 10.2 Å². The van der Waals surface area contributed by atoms with Crippen molar-refractivity contribution in [2.75, 3.05) is 18.0 Å². The van der Waals surface area contributed by atoms with Crippen LogP contribution in [0.25, 0.3) is 16.3 Å². The van der Waals surface area contributed by atoms with Gasteiger partial charge in [-0.1, -0.05) is 18.3 Å². The third-order valence-electron chi connectivity index (χ3n) is 7.61. The zero-order chi connectivity index (χ0) is 30.1. The lowest BCUT2D eigenvalue weighted by molar-refractivity contribution is 0.00567. The molecule has 0 spiro atoms. The van der Waals surface area contributed by atoms with Gasteiger partial charge in [0.05, 0.1) is 29.5 Å². The molecule has 224 valence electrons. The molecule has 1 N–H and O–H groups in total. The Balaban J connectivity index is 1.57. The van der Waals surface area contributed by atoms with Crippen molar-refractivity contribution in [3.63, 3.8) is 0 Å². The van der Waals surface area contributed by atoms with E-state index in [-0.39, 0.29) is 33.7 Å². The predicted molar refractivity (Wildman–Crippen MR) is 151 cm³/mol. The van der Waals surface area contributed by atoms with Crippen LogP contribution in [0.3, 0.4) is 0 Å². The van der Waals surface area contributed by atoms with E-state index in [0.717, 1.165) is 6.42 Å². The third kappa shape index (κ3) is 5.75. The van der Waals surface area contributed by atoms with Crippen LogP contribution >= 0.6 is 11.3 Å². The van der Waals surface area contributed by atoms with Crippen LogP contribution in [0.2, 0.25) is 0 Å². The lowest BCUT2D eigenvalue weighted by Gasteiger charge is -2.45. The van der Waals surface area contributed by atoms with E-state index in [1.165, 1.54) is 6.20 Å². The molecular weight excluding hydrogens is 576 g/mol. The Hall–Kier alpha value is -2.91. The molecule has 1 aliphatic heterocycles. The monoisotopic (exact) mass is 611 g/mol. The first kappa shape index (κ1) is 29.6. The fraction of sp³-hybridized carbons (Fsp3) is 0.615. The normalized spacial score (nSPS) is 25.3. The molecule has 11 nitrogen and oxygen atoms in total. The van der Waals surface area contributed by atoms with E-state index in [1.54, 1.807) is 21.6 Å². The van der Waals surface area contributed by atoms with Gasteiger partial charge in [0.25, 0.3) is 6.43 Å². The van der Waals surface area contributed by atoms with Gasteiger partial charge in [0, 0.05) is 24.8 Å². The number of nitrogens with one attached hydrogen (secondary N) is 1. The van der Waals surface area contributed by atoms with Crippen LogP contribution < -0.4 is 9.62 Å². The molecule has 1 amide bonds. The number of hydrogen-bond acceptors (Lipinski definition) is 9. The number of nitrogens with zero attached hydrogens (tertiary/aromatic N) is 6. The number of aromatic nitrogens is 4.